The first-order chi connectivity index (χ1) is 9.85. The Balaban J connectivity index is 2.12. The fraction of sp³-hybridized carbons (Fsp3) is 0.600. The summed E-state index contributed by atoms with van der Waals surface area (Å²) in [5.74, 6) is -0.725. The Morgan fingerprint density at radius 3 is 2.86 bits per heavy atom. The van der Waals surface area contributed by atoms with Gasteiger partial charge in [0.05, 0.1) is 11.9 Å². The number of carbonyl (C=O) groups is 2. The van der Waals surface area contributed by atoms with Gasteiger partial charge in [-0.3, -0.25) is 4.79 Å². The van der Waals surface area contributed by atoms with Gasteiger partial charge in [0.15, 0.2) is 6.04 Å². The first kappa shape index (κ1) is 15.6. The summed E-state index contributed by atoms with van der Waals surface area (Å²) in [7, 11) is 0. The second kappa shape index (κ2) is 5.89. The van der Waals surface area contributed by atoms with Crippen LogP contribution in [-0.2, 0) is 20.7 Å². The molecular formula is C15H21NO5. The highest BCUT2D eigenvalue weighted by molar-refractivity contribution is 5.86. The van der Waals surface area contributed by atoms with Crippen molar-refractivity contribution >= 4 is 11.9 Å². The van der Waals surface area contributed by atoms with E-state index < -0.39 is 17.6 Å². The molecule has 0 fully saturated rings. The molecule has 1 aliphatic heterocycles. The summed E-state index contributed by atoms with van der Waals surface area (Å²) in [6.07, 6.45) is 2.76. The zero-order chi connectivity index (χ0) is 15.6. The second-order valence-electron chi connectivity index (χ2n) is 5.78. The first-order valence-corrected chi connectivity index (χ1v) is 7.08. The van der Waals surface area contributed by atoms with Gasteiger partial charge in [-0.05, 0) is 26.3 Å². The van der Waals surface area contributed by atoms with Crippen LogP contribution in [0.1, 0.15) is 44.6 Å². The van der Waals surface area contributed by atoms with Gasteiger partial charge >= 0.3 is 5.97 Å². The van der Waals surface area contributed by atoms with Crippen LogP contribution in [0.5, 0.6) is 0 Å². The van der Waals surface area contributed by atoms with Crippen molar-refractivity contribution in [3.8, 4) is 0 Å². The number of carboxylic acids is 1. The Labute approximate surface area is 123 Å². The molecule has 6 nitrogen and oxygen atoms in total. The lowest BCUT2D eigenvalue weighted by Gasteiger charge is -2.33. The second-order valence-corrected chi connectivity index (χ2v) is 5.78. The minimum absolute atomic E-state index is 0.113. The Morgan fingerprint density at radius 1 is 1.52 bits per heavy atom. The van der Waals surface area contributed by atoms with Gasteiger partial charge in [0, 0.05) is 18.5 Å². The maximum atomic E-state index is 12.3. The van der Waals surface area contributed by atoms with Crippen LogP contribution >= 0.6 is 0 Å². The molecule has 1 atom stereocenters. The number of furan rings is 1. The standard InChI is InChI=1S/C15H21NO5/c1-4-15(2,3)21-9-12(17)16-7-5-11-10(6-8-20-11)13(16)14(18)19/h6,8,13H,4-5,7,9H2,1-3H3,(H,18,19). The summed E-state index contributed by atoms with van der Waals surface area (Å²) < 4.78 is 10.8. The lowest BCUT2D eigenvalue weighted by molar-refractivity contribution is -0.156. The van der Waals surface area contributed by atoms with Crippen molar-refractivity contribution in [3.63, 3.8) is 0 Å². The van der Waals surface area contributed by atoms with Crippen molar-refractivity contribution in [1.29, 1.82) is 0 Å². The van der Waals surface area contributed by atoms with Gasteiger partial charge in [-0.2, -0.15) is 0 Å². The number of fused-ring (bicyclic) bond motifs is 1. The quantitative estimate of drug-likeness (QED) is 0.898. The smallest absolute Gasteiger partial charge is 0.331 e. The summed E-state index contributed by atoms with van der Waals surface area (Å²) in [4.78, 5) is 25.2. The van der Waals surface area contributed by atoms with E-state index in [0.29, 0.717) is 24.3 Å². The summed E-state index contributed by atoms with van der Waals surface area (Å²) in [6.45, 7) is 5.99. The SMILES string of the molecule is CCC(C)(C)OCC(=O)N1CCc2occc2C1C(=O)O. The van der Waals surface area contributed by atoms with Crippen LogP contribution in [0.4, 0.5) is 0 Å². The van der Waals surface area contributed by atoms with Crippen LogP contribution in [0, 0.1) is 0 Å². The van der Waals surface area contributed by atoms with E-state index in [1.165, 1.54) is 11.2 Å². The number of amides is 1. The van der Waals surface area contributed by atoms with E-state index in [4.69, 9.17) is 9.15 Å². The predicted molar refractivity (Wildman–Crippen MR) is 74.8 cm³/mol. The maximum Gasteiger partial charge on any atom is 0.331 e. The van der Waals surface area contributed by atoms with E-state index in [1.807, 2.05) is 20.8 Å². The van der Waals surface area contributed by atoms with Crippen LogP contribution in [-0.4, -0.2) is 40.6 Å². The average molecular weight is 295 g/mol. The molecule has 2 heterocycles. The molecule has 0 spiro atoms. The molecule has 116 valence electrons. The van der Waals surface area contributed by atoms with E-state index in [2.05, 4.69) is 0 Å². The van der Waals surface area contributed by atoms with Gasteiger partial charge < -0.3 is 19.2 Å². The number of carboxylic acid groups (broad SMARTS) is 1. The topological polar surface area (TPSA) is 80.0 Å². The van der Waals surface area contributed by atoms with Gasteiger partial charge in [-0.25, -0.2) is 4.79 Å². The number of carbonyl (C=O) groups excluding carboxylic acids is 1. The van der Waals surface area contributed by atoms with E-state index in [9.17, 15) is 14.7 Å². The summed E-state index contributed by atoms with van der Waals surface area (Å²) in [5, 5.41) is 9.42. The minimum Gasteiger partial charge on any atom is -0.479 e. The van der Waals surface area contributed by atoms with Crippen molar-refractivity contribution in [2.75, 3.05) is 13.2 Å². The molecule has 1 aromatic heterocycles. The third-order valence-corrected chi connectivity index (χ3v) is 3.96. The third kappa shape index (κ3) is 3.26. The molecule has 0 saturated heterocycles. The Morgan fingerprint density at radius 2 is 2.24 bits per heavy atom. The molecule has 0 radical (unpaired) electrons. The molecule has 0 aromatic carbocycles. The number of rotatable bonds is 5. The number of ether oxygens (including phenoxy) is 1. The highest BCUT2D eigenvalue weighted by Gasteiger charge is 2.37. The fourth-order valence-corrected chi connectivity index (χ4v) is 2.29. The predicted octanol–water partition coefficient (Wildman–Crippen LogP) is 2.00. The Bertz CT molecular complexity index is 534. The van der Waals surface area contributed by atoms with Gasteiger partial charge in [0.25, 0.3) is 0 Å². The fourth-order valence-electron chi connectivity index (χ4n) is 2.29. The zero-order valence-electron chi connectivity index (χ0n) is 12.6. The van der Waals surface area contributed by atoms with E-state index >= 15 is 0 Å². The molecule has 1 aliphatic rings. The number of nitrogens with zero attached hydrogens (tertiary/aromatic N) is 1. The number of aliphatic carboxylic acids is 1. The third-order valence-electron chi connectivity index (χ3n) is 3.96. The number of hydrogen-bond donors (Lipinski definition) is 1. The van der Waals surface area contributed by atoms with Crippen LogP contribution in [0.15, 0.2) is 16.7 Å². The van der Waals surface area contributed by atoms with Crippen LogP contribution < -0.4 is 0 Å². The number of hydrogen-bond acceptors (Lipinski definition) is 4. The van der Waals surface area contributed by atoms with Crippen LogP contribution in [0.2, 0.25) is 0 Å². The molecule has 1 amide bonds. The molecule has 1 unspecified atom stereocenters. The molecule has 2 rings (SSSR count). The highest BCUT2D eigenvalue weighted by Crippen LogP contribution is 2.31. The maximum absolute atomic E-state index is 12.3. The molecule has 21 heavy (non-hydrogen) atoms. The largest absolute Gasteiger partial charge is 0.479 e. The van der Waals surface area contributed by atoms with Gasteiger partial charge in [0.2, 0.25) is 5.91 Å². The highest BCUT2D eigenvalue weighted by atomic mass is 16.5. The molecule has 1 aromatic rings. The minimum atomic E-state index is -1.06. The molecule has 0 saturated carbocycles. The van der Waals surface area contributed by atoms with Crippen molar-refractivity contribution in [3.05, 3.63) is 23.7 Å². The first-order valence-electron chi connectivity index (χ1n) is 7.08. The summed E-state index contributed by atoms with van der Waals surface area (Å²) in [5.41, 5.74) is 0.155. The van der Waals surface area contributed by atoms with Gasteiger partial charge in [0.1, 0.15) is 12.4 Å². The van der Waals surface area contributed by atoms with E-state index in [0.717, 1.165) is 6.42 Å². The van der Waals surface area contributed by atoms with Gasteiger partial charge in [-0.1, -0.05) is 6.92 Å². The lowest BCUT2D eigenvalue weighted by atomic mass is 9.99. The summed E-state index contributed by atoms with van der Waals surface area (Å²) in [6, 6.07) is 0.623. The average Bonchev–Trinajstić information content (AvgIpc) is 2.91. The summed E-state index contributed by atoms with van der Waals surface area (Å²) >= 11 is 0. The van der Waals surface area contributed by atoms with Crippen LogP contribution in [0.3, 0.4) is 0 Å². The molecule has 0 bridgehead atoms. The Hall–Kier alpha value is -1.82. The van der Waals surface area contributed by atoms with Crippen LogP contribution in [0.25, 0.3) is 0 Å². The van der Waals surface area contributed by atoms with Gasteiger partial charge in [-0.15, -0.1) is 0 Å². The van der Waals surface area contributed by atoms with Crippen molar-refractivity contribution < 1.29 is 23.8 Å². The van der Waals surface area contributed by atoms with E-state index in [1.54, 1.807) is 6.07 Å². The monoisotopic (exact) mass is 295 g/mol. The molecule has 0 aliphatic carbocycles. The lowest BCUT2D eigenvalue weighted by Crippen LogP contribution is -2.45. The Kier molecular flexibility index (Phi) is 4.37. The normalized spacial score (nSPS) is 18.4. The van der Waals surface area contributed by atoms with Crippen molar-refractivity contribution in [2.45, 2.75) is 45.3 Å². The van der Waals surface area contributed by atoms with Crippen molar-refractivity contribution in [1.82, 2.24) is 4.90 Å². The molecular weight excluding hydrogens is 274 g/mol. The molecule has 1 N–H and O–H groups in total. The molecule has 6 heteroatoms. The zero-order valence-corrected chi connectivity index (χ0v) is 12.6. The van der Waals surface area contributed by atoms with E-state index in [-0.39, 0.29) is 12.5 Å². The van der Waals surface area contributed by atoms with Crippen molar-refractivity contribution in [2.24, 2.45) is 0 Å².